The quantitative estimate of drug-likeness (QED) is 0.751. The van der Waals surface area contributed by atoms with Crippen molar-refractivity contribution in [1.29, 1.82) is 0 Å². The second-order valence-corrected chi connectivity index (χ2v) is 5.70. The Kier molecular flexibility index (Phi) is 4.90. The van der Waals surface area contributed by atoms with E-state index in [0.29, 0.717) is 5.56 Å². The minimum Gasteiger partial charge on any atom is -0.387 e. The van der Waals surface area contributed by atoms with Crippen LogP contribution >= 0.6 is 0 Å². The highest BCUT2D eigenvalue weighted by Gasteiger charge is 2.15. The maximum Gasteiger partial charge on any atom is 0.271 e. The minimum atomic E-state index is -0.989. The Morgan fingerprint density at radius 1 is 1.20 bits per heavy atom. The van der Waals surface area contributed by atoms with Crippen LogP contribution in [0, 0.1) is 12.7 Å². The summed E-state index contributed by atoms with van der Waals surface area (Å²) in [6.07, 6.45) is -0.989. The largest absolute Gasteiger partial charge is 0.387 e. The predicted octanol–water partition coefficient (Wildman–Crippen LogP) is 2.78. The summed E-state index contributed by atoms with van der Waals surface area (Å²) >= 11 is 0. The van der Waals surface area contributed by atoms with E-state index in [4.69, 9.17) is 0 Å². The lowest BCUT2D eigenvalue weighted by atomic mass is 10.1. The summed E-state index contributed by atoms with van der Waals surface area (Å²) in [6, 6.07) is 16.8. The van der Waals surface area contributed by atoms with Gasteiger partial charge in [-0.1, -0.05) is 30.3 Å². The molecule has 0 fully saturated rings. The number of hydrogen-bond acceptors (Lipinski definition) is 3. The molecule has 128 valence electrons. The number of hydrogen-bond donors (Lipinski definition) is 2. The number of aliphatic hydroxyl groups is 1. The van der Waals surface area contributed by atoms with Crippen LogP contribution in [0.2, 0.25) is 0 Å². The van der Waals surface area contributed by atoms with Crippen molar-refractivity contribution in [3.8, 4) is 5.69 Å². The molecule has 0 aliphatic heterocycles. The van der Waals surface area contributed by atoms with Crippen LogP contribution in [0.1, 0.15) is 27.8 Å². The Morgan fingerprint density at radius 2 is 1.96 bits per heavy atom. The zero-order valence-electron chi connectivity index (χ0n) is 13.7. The highest BCUT2D eigenvalue weighted by atomic mass is 19.1. The molecule has 2 N–H and O–H groups in total. The molecule has 2 aromatic carbocycles. The van der Waals surface area contributed by atoms with Crippen LogP contribution < -0.4 is 5.32 Å². The van der Waals surface area contributed by atoms with Crippen LogP contribution in [0.3, 0.4) is 0 Å². The molecule has 3 rings (SSSR count). The topological polar surface area (TPSA) is 67.2 Å². The fourth-order valence-corrected chi connectivity index (χ4v) is 2.53. The molecule has 25 heavy (non-hydrogen) atoms. The van der Waals surface area contributed by atoms with E-state index < -0.39 is 17.8 Å². The van der Waals surface area contributed by atoms with Crippen molar-refractivity contribution in [1.82, 2.24) is 15.1 Å². The van der Waals surface area contributed by atoms with Gasteiger partial charge in [0.15, 0.2) is 5.69 Å². The number of aryl methyl sites for hydroxylation is 1. The Labute approximate surface area is 144 Å². The molecule has 3 aromatic rings. The van der Waals surface area contributed by atoms with E-state index in [1.807, 2.05) is 37.3 Å². The number of rotatable bonds is 5. The molecular weight excluding hydrogens is 321 g/mol. The number of carbonyl (C=O) groups is 1. The lowest BCUT2D eigenvalue weighted by Crippen LogP contribution is -2.28. The van der Waals surface area contributed by atoms with E-state index in [-0.39, 0.29) is 12.2 Å². The highest BCUT2D eigenvalue weighted by molar-refractivity contribution is 5.92. The second-order valence-electron chi connectivity index (χ2n) is 5.70. The number of amides is 1. The minimum absolute atomic E-state index is 0.0282. The van der Waals surface area contributed by atoms with Gasteiger partial charge in [-0.05, 0) is 42.8 Å². The molecule has 0 aliphatic rings. The van der Waals surface area contributed by atoms with Gasteiger partial charge in [-0.2, -0.15) is 5.10 Å². The number of halogens is 1. The maximum atomic E-state index is 13.2. The maximum absolute atomic E-state index is 13.2. The number of benzene rings is 2. The molecule has 1 aromatic heterocycles. The second kappa shape index (κ2) is 7.27. The summed E-state index contributed by atoms with van der Waals surface area (Å²) in [5.74, 6) is -0.826. The average Bonchev–Trinajstić information content (AvgIpc) is 3.02. The first-order chi connectivity index (χ1) is 12.0. The first-order valence-corrected chi connectivity index (χ1v) is 7.88. The van der Waals surface area contributed by atoms with Gasteiger partial charge in [-0.3, -0.25) is 4.79 Å². The van der Waals surface area contributed by atoms with E-state index in [1.165, 1.54) is 18.2 Å². The van der Waals surface area contributed by atoms with Crippen molar-refractivity contribution in [3.05, 3.63) is 83.4 Å². The van der Waals surface area contributed by atoms with Crippen LogP contribution in [0.5, 0.6) is 0 Å². The molecule has 0 aliphatic carbocycles. The van der Waals surface area contributed by atoms with Crippen LogP contribution in [-0.4, -0.2) is 27.3 Å². The van der Waals surface area contributed by atoms with Crippen LogP contribution in [0.25, 0.3) is 5.69 Å². The van der Waals surface area contributed by atoms with E-state index in [2.05, 4.69) is 10.4 Å². The smallest absolute Gasteiger partial charge is 0.271 e. The van der Waals surface area contributed by atoms with Crippen molar-refractivity contribution >= 4 is 5.91 Å². The molecule has 0 saturated carbocycles. The Balaban J connectivity index is 1.68. The lowest BCUT2D eigenvalue weighted by Gasteiger charge is -2.11. The summed E-state index contributed by atoms with van der Waals surface area (Å²) in [7, 11) is 0. The van der Waals surface area contributed by atoms with Gasteiger partial charge < -0.3 is 10.4 Å². The van der Waals surface area contributed by atoms with Gasteiger partial charge in [-0.25, -0.2) is 9.07 Å². The van der Waals surface area contributed by atoms with Gasteiger partial charge in [0.05, 0.1) is 11.8 Å². The monoisotopic (exact) mass is 339 g/mol. The van der Waals surface area contributed by atoms with Gasteiger partial charge in [0.2, 0.25) is 0 Å². The third kappa shape index (κ3) is 3.92. The molecule has 1 heterocycles. The van der Waals surface area contributed by atoms with Gasteiger partial charge in [-0.15, -0.1) is 0 Å². The fourth-order valence-electron chi connectivity index (χ4n) is 2.53. The molecule has 0 radical (unpaired) electrons. The van der Waals surface area contributed by atoms with Gasteiger partial charge in [0, 0.05) is 12.2 Å². The van der Waals surface area contributed by atoms with Crippen molar-refractivity contribution < 1.29 is 14.3 Å². The van der Waals surface area contributed by atoms with E-state index in [1.54, 1.807) is 16.8 Å². The third-order valence-corrected chi connectivity index (χ3v) is 3.81. The summed E-state index contributed by atoms with van der Waals surface area (Å²) in [5, 5.41) is 17.0. The number of carbonyl (C=O) groups excluding carboxylic acids is 1. The number of aliphatic hydroxyl groups excluding tert-OH is 1. The molecule has 0 bridgehead atoms. The average molecular weight is 339 g/mol. The third-order valence-electron chi connectivity index (χ3n) is 3.81. The van der Waals surface area contributed by atoms with Crippen molar-refractivity contribution in [2.75, 3.05) is 6.54 Å². The first kappa shape index (κ1) is 16.9. The molecule has 6 heteroatoms. The normalized spacial score (nSPS) is 12.0. The zero-order valence-corrected chi connectivity index (χ0v) is 13.7. The molecule has 0 saturated heterocycles. The van der Waals surface area contributed by atoms with Gasteiger partial charge in [0.25, 0.3) is 5.91 Å². The van der Waals surface area contributed by atoms with E-state index in [0.717, 1.165) is 11.4 Å². The Bertz CT molecular complexity index is 877. The predicted molar refractivity (Wildman–Crippen MR) is 92.0 cm³/mol. The van der Waals surface area contributed by atoms with E-state index >= 15 is 0 Å². The standard InChI is InChI=1S/C19H18FN3O2/c1-13-10-17(22-23(13)16-8-3-2-4-9-16)19(25)21-12-18(24)14-6-5-7-15(20)11-14/h2-11,18,24H,12H2,1H3,(H,21,25). The summed E-state index contributed by atoms with van der Waals surface area (Å²) in [4.78, 5) is 12.3. The number of aromatic nitrogens is 2. The summed E-state index contributed by atoms with van der Waals surface area (Å²) < 4.78 is 14.9. The van der Waals surface area contributed by atoms with E-state index in [9.17, 15) is 14.3 Å². The Morgan fingerprint density at radius 3 is 2.68 bits per heavy atom. The van der Waals surface area contributed by atoms with Crippen LogP contribution in [-0.2, 0) is 0 Å². The SMILES string of the molecule is Cc1cc(C(=O)NCC(O)c2cccc(F)c2)nn1-c1ccccc1. The summed E-state index contributed by atoms with van der Waals surface area (Å²) in [5.41, 5.74) is 2.35. The Hall–Kier alpha value is -2.99. The molecular formula is C19H18FN3O2. The molecule has 1 atom stereocenters. The van der Waals surface area contributed by atoms with Crippen molar-refractivity contribution in [2.24, 2.45) is 0 Å². The lowest BCUT2D eigenvalue weighted by molar-refractivity contribution is 0.0911. The number of nitrogens with zero attached hydrogens (tertiary/aromatic N) is 2. The first-order valence-electron chi connectivity index (χ1n) is 7.88. The van der Waals surface area contributed by atoms with Crippen LogP contribution in [0.15, 0.2) is 60.7 Å². The summed E-state index contributed by atoms with van der Waals surface area (Å²) in [6.45, 7) is 1.83. The molecule has 1 amide bonds. The molecule has 0 spiro atoms. The van der Waals surface area contributed by atoms with Crippen molar-refractivity contribution in [3.63, 3.8) is 0 Å². The highest BCUT2D eigenvalue weighted by Crippen LogP contribution is 2.14. The van der Waals surface area contributed by atoms with Gasteiger partial charge >= 0.3 is 0 Å². The zero-order chi connectivity index (χ0) is 17.8. The van der Waals surface area contributed by atoms with Crippen molar-refractivity contribution in [2.45, 2.75) is 13.0 Å². The molecule has 5 nitrogen and oxygen atoms in total. The fraction of sp³-hybridized carbons (Fsp3) is 0.158. The van der Waals surface area contributed by atoms with Crippen LogP contribution in [0.4, 0.5) is 4.39 Å². The van der Waals surface area contributed by atoms with Gasteiger partial charge in [0.1, 0.15) is 5.82 Å². The molecule has 1 unspecified atom stereocenters. The number of nitrogens with one attached hydrogen (secondary N) is 1. The number of para-hydroxylation sites is 1.